The topological polar surface area (TPSA) is 52.1 Å². The highest BCUT2D eigenvalue weighted by Gasteiger charge is 2.24. The van der Waals surface area contributed by atoms with E-state index in [2.05, 4.69) is 188 Å². The fourth-order valence-electron chi connectivity index (χ4n) is 9.78. The molecular weight excluding hydrogens is 757 g/mol. The first-order valence-electron chi connectivity index (χ1n) is 21.0. The molecule has 3 heterocycles. The zero-order valence-electron chi connectivity index (χ0n) is 33.3. The molecule has 0 saturated heterocycles. The number of hydrogen-bond acceptors (Lipinski definition) is 4. The van der Waals surface area contributed by atoms with Crippen LogP contribution in [0.15, 0.2) is 215 Å². The second-order valence-corrected chi connectivity index (χ2v) is 15.9. The van der Waals surface area contributed by atoms with Gasteiger partial charge in [-0.05, 0) is 33.0 Å². The highest BCUT2D eigenvalue weighted by atomic mass is 16.3. The summed E-state index contributed by atoms with van der Waals surface area (Å²) in [6.07, 6.45) is 1.95. The van der Waals surface area contributed by atoms with Crippen molar-refractivity contribution in [1.82, 2.24) is 9.97 Å². The van der Waals surface area contributed by atoms with Gasteiger partial charge < -0.3 is 8.83 Å². The Morgan fingerprint density at radius 1 is 0.274 bits per heavy atom. The largest absolute Gasteiger partial charge is 0.455 e. The maximum atomic E-state index is 7.05. The first kappa shape index (κ1) is 34.5. The monoisotopic (exact) mass is 790 g/mol. The molecule has 62 heavy (non-hydrogen) atoms. The molecular formula is C58H34N2O2. The summed E-state index contributed by atoms with van der Waals surface area (Å²) >= 11 is 0. The summed E-state index contributed by atoms with van der Waals surface area (Å²) in [5.41, 5.74) is 15.1. The van der Waals surface area contributed by atoms with Gasteiger partial charge in [0.1, 0.15) is 22.3 Å². The molecule has 0 amide bonds. The molecule has 0 unspecified atom stereocenters. The van der Waals surface area contributed by atoms with Gasteiger partial charge in [-0.15, -0.1) is 0 Å². The molecule has 0 fully saturated rings. The summed E-state index contributed by atoms with van der Waals surface area (Å²) in [7, 11) is 0. The standard InChI is InChI=1S/C58H34N2O2/c1-3-16-35(17-4-1)37-24-11-30-47-49-32-14-28-45(57(49)61-55(37)47)41-26-13-27-42(46-29-15-33-50-48-31-12-25-38(56(48)62-58(46)50)36-18-5-2-6-19-36)52(41)51-34-59-53-43-22-9-7-20-39(43)40-21-8-10-23-44(40)54(53)60-51/h1-34H. The average molecular weight is 791 g/mol. The minimum absolute atomic E-state index is 0.764. The van der Waals surface area contributed by atoms with Crippen molar-refractivity contribution in [3.8, 4) is 55.8 Å². The lowest BCUT2D eigenvalue weighted by atomic mass is 9.88. The zero-order valence-corrected chi connectivity index (χ0v) is 33.3. The summed E-state index contributed by atoms with van der Waals surface area (Å²) < 4.78 is 14.1. The molecule has 3 aromatic heterocycles. The predicted octanol–water partition coefficient (Wildman–Crippen LogP) is 16.1. The van der Waals surface area contributed by atoms with Gasteiger partial charge in [0.05, 0.1) is 22.9 Å². The normalized spacial score (nSPS) is 11.9. The van der Waals surface area contributed by atoms with E-state index in [0.717, 1.165) is 132 Å². The van der Waals surface area contributed by atoms with Crippen LogP contribution < -0.4 is 0 Å². The number of nitrogens with zero attached hydrogens (tertiary/aromatic N) is 2. The van der Waals surface area contributed by atoms with Crippen LogP contribution in [-0.2, 0) is 0 Å². The maximum Gasteiger partial charge on any atom is 0.143 e. The van der Waals surface area contributed by atoms with Crippen LogP contribution in [-0.4, -0.2) is 9.97 Å². The first-order valence-corrected chi connectivity index (χ1v) is 21.0. The third kappa shape index (κ3) is 5.14. The number of fused-ring (bicyclic) bond motifs is 12. The lowest BCUT2D eigenvalue weighted by molar-refractivity contribution is 0.671. The Balaban J connectivity index is 1.13. The van der Waals surface area contributed by atoms with E-state index in [4.69, 9.17) is 18.8 Å². The molecule has 0 atom stereocenters. The van der Waals surface area contributed by atoms with Crippen molar-refractivity contribution in [2.24, 2.45) is 0 Å². The Hall–Kier alpha value is -8.34. The van der Waals surface area contributed by atoms with Crippen molar-refractivity contribution in [2.45, 2.75) is 0 Å². The van der Waals surface area contributed by atoms with Gasteiger partial charge in [0, 0.05) is 60.1 Å². The first-order chi connectivity index (χ1) is 30.8. The van der Waals surface area contributed by atoms with Crippen LogP contribution in [0.1, 0.15) is 0 Å². The molecule has 13 aromatic rings. The smallest absolute Gasteiger partial charge is 0.143 e. The number of furan rings is 2. The van der Waals surface area contributed by atoms with E-state index >= 15 is 0 Å². The molecule has 4 nitrogen and oxygen atoms in total. The summed E-state index contributed by atoms with van der Waals surface area (Å²) in [6, 6.07) is 70.2. The van der Waals surface area contributed by atoms with E-state index < -0.39 is 0 Å². The molecule has 0 saturated carbocycles. The summed E-state index contributed by atoms with van der Waals surface area (Å²) in [5.74, 6) is 0. The molecule has 0 aliphatic rings. The Morgan fingerprint density at radius 3 is 1.11 bits per heavy atom. The zero-order chi connectivity index (χ0) is 40.7. The van der Waals surface area contributed by atoms with Gasteiger partial charge >= 0.3 is 0 Å². The minimum Gasteiger partial charge on any atom is -0.455 e. The molecule has 0 N–H and O–H groups in total. The van der Waals surface area contributed by atoms with Gasteiger partial charge in [0.2, 0.25) is 0 Å². The molecule has 288 valence electrons. The van der Waals surface area contributed by atoms with Crippen LogP contribution in [0.25, 0.3) is 132 Å². The third-order valence-electron chi connectivity index (χ3n) is 12.5. The van der Waals surface area contributed by atoms with Gasteiger partial charge in [-0.2, -0.15) is 0 Å². The van der Waals surface area contributed by atoms with Crippen molar-refractivity contribution >= 4 is 76.5 Å². The van der Waals surface area contributed by atoms with E-state index in [0.29, 0.717) is 0 Å². The van der Waals surface area contributed by atoms with E-state index in [1.54, 1.807) is 0 Å². The quantitative estimate of drug-likeness (QED) is 0.163. The highest BCUT2D eigenvalue weighted by molar-refractivity contribution is 6.23. The molecule has 0 radical (unpaired) electrons. The summed E-state index contributed by atoms with van der Waals surface area (Å²) in [6.45, 7) is 0. The highest BCUT2D eigenvalue weighted by Crippen LogP contribution is 2.48. The molecule has 0 aliphatic heterocycles. The minimum atomic E-state index is 0.764. The predicted molar refractivity (Wildman–Crippen MR) is 256 cm³/mol. The Morgan fingerprint density at radius 2 is 0.629 bits per heavy atom. The Bertz CT molecular complexity index is 3710. The van der Waals surface area contributed by atoms with Crippen molar-refractivity contribution in [3.63, 3.8) is 0 Å². The molecule has 10 aromatic carbocycles. The van der Waals surface area contributed by atoms with Crippen molar-refractivity contribution in [3.05, 3.63) is 206 Å². The number of benzene rings is 10. The van der Waals surface area contributed by atoms with E-state index in [9.17, 15) is 0 Å². The van der Waals surface area contributed by atoms with E-state index in [-0.39, 0.29) is 0 Å². The van der Waals surface area contributed by atoms with Crippen LogP contribution in [0.3, 0.4) is 0 Å². The fraction of sp³-hybridized carbons (Fsp3) is 0. The average Bonchev–Trinajstić information content (AvgIpc) is 3.93. The molecule has 0 spiro atoms. The number of aromatic nitrogens is 2. The summed E-state index contributed by atoms with van der Waals surface area (Å²) in [4.78, 5) is 10.9. The molecule has 0 bridgehead atoms. The number of rotatable bonds is 5. The second-order valence-electron chi connectivity index (χ2n) is 15.9. The van der Waals surface area contributed by atoms with Gasteiger partial charge in [-0.25, -0.2) is 4.98 Å². The third-order valence-corrected chi connectivity index (χ3v) is 12.5. The van der Waals surface area contributed by atoms with Crippen LogP contribution in [0, 0.1) is 0 Å². The molecule has 4 heteroatoms. The number of hydrogen-bond donors (Lipinski definition) is 0. The van der Waals surface area contributed by atoms with Gasteiger partial charge in [0.25, 0.3) is 0 Å². The second kappa shape index (κ2) is 13.6. The van der Waals surface area contributed by atoms with Crippen molar-refractivity contribution in [1.29, 1.82) is 0 Å². The van der Waals surface area contributed by atoms with Gasteiger partial charge in [-0.3, -0.25) is 4.98 Å². The van der Waals surface area contributed by atoms with E-state index in [1.807, 2.05) is 18.3 Å². The van der Waals surface area contributed by atoms with Crippen molar-refractivity contribution in [2.75, 3.05) is 0 Å². The van der Waals surface area contributed by atoms with Crippen LogP contribution in [0.5, 0.6) is 0 Å². The molecule has 0 aliphatic carbocycles. The van der Waals surface area contributed by atoms with Gasteiger partial charge in [-0.1, -0.05) is 200 Å². The van der Waals surface area contributed by atoms with Crippen LogP contribution in [0.2, 0.25) is 0 Å². The number of para-hydroxylation sites is 4. The lowest BCUT2D eigenvalue weighted by Gasteiger charge is -2.17. The SMILES string of the molecule is c1ccc(-c2cccc3c2oc2c(-c4cccc(-c5cccc6c5oc5c(-c7ccccc7)cccc56)c4-c4cnc5c6ccccc6c6ccccc6c5n4)cccc23)cc1. The lowest BCUT2D eigenvalue weighted by Crippen LogP contribution is -1.96. The van der Waals surface area contributed by atoms with Crippen molar-refractivity contribution < 1.29 is 8.83 Å². The maximum absolute atomic E-state index is 7.05. The van der Waals surface area contributed by atoms with Gasteiger partial charge in [0.15, 0.2) is 0 Å². The summed E-state index contributed by atoms with van der Waals surface area (Å²) in [5, 5.41) is 8.72. The van der Waals surface area contributed by atoms with Crippen LogP contribution >= 0.6 is 0 Å². The van der Waals surface area contributed by atoms with E-state index in [1.165, 1.54) is 0 Å². The fourth-order valence-corrected chi connectivity index (χ4v) is 9.78. The Kier molecular flexibility index (Phi) is 7.57. The van der Waals surface area contributed by atoms with Crippen LogP contribution in [0.4, 0.5) is 0 Å². The Labute approximate surface area is 356 Å². The molecule has 13 rings (SSSR count).